The van der Waals surface area contributed by atoms with Crippen molar-refractivity contribution in [2.24, 2.45) is 5.92 Å². The predicted octanol–water partition coefficient (Wildman–Crippen LogP) is 5.67. The summed E-state index contributed by atoms with van der Waals surface area (Å²) in [5.74, 6) is 0.199. The molecule has 0 aliphatic carbocycles. The highest BCUT2D eigenvalue weighted by atomic mass is 35.5. The molecule has 4 rings (SSSR count). The molecular weight excluding hydrogens is 476 g/mol. The first kappa shape index (κ1) is 23.8. The third kappa shape index (κ3) is 5.98. The van der Waals surface area contributed by atoms with Gasteiger partial charge in [-0.15, -0.1) is 11.8 Å². The van der Waals surface area contributed by atoms with E-state index in [2.05, 4.69) is 5.32 Å². The number of nitrogens with zero attached hydrogens (tertiary/aromatic N) is 1. The molecule has 0 saturated carbocycles. The quantitative estimate of drug-likeness (QED) is 0.424. The zero-order valence-corrected chi connectivity index (χ0v) is 20.4. The largest absolute Gasteiger partial charge is 0.325 e. The van der Waals surface area contributed by atoms with Gasteiger partial charge in [-0.2, -0.15) is 4.31 Å². The summed E-state index contributed by atoms with van der Waals surface area (Å²) < 4.78 is 27.4. The van der Waals surface area contributed by atoms with Gasteiger partial charge < -0.3 is 5.32 Å². The molecule has 5 nitrogen and oxygen atoms in total. The van der Waals surface area contributed by atoms with E-state index in [9.17, 15) is 13.2 Å². The van der Waals surface area contributed by atoms with Gasteiger partial charge in [-0.1, -0.05) is 54.1 Å². The zero-order valence-electron chi connectivity index (χ0n) is 18.0. The van der Waals surface area contributed by atoms with Crippen LogP contribution in [-0.2, 0) is 20.6 Å². The molecule has 0 spiro atoms. The summed E-state index contributed by atoms with van der Waals surface area (Å²) in [6.45, 7) is 0.609. The second-order valence-electron chi connectivity index (χ2n) is 7.92. The summed E-state index contributed by atoms with van der Waals surface area (Å²) in [6, 6.07) is 23.8. The van der Waals surface area contributed by atoms with Crippen LogP contribution in [0.3, 0.4) is 0 Å². The van der Waals surface area contributed by atoms with Crippen molar-refractivity contribution in [3.05, 3.63) is 89.4 Å². The van der Waals surface area contributed by atoms with Crippen LogP contribution in [-0.4, -0.2) is 31.7 Å². The van der Waals surface area contributed by atoms with Crippen LogP contribution in [0.5, 0.6) is 0 Å². The molecule has 8 heteroatoms. The summed E-state index contributed by atoms with van der Waals surface area (Å²) in [7, 11) is -3.61. The molecule has 1 N–H and O–H groups in total. The summed E-state index contributed by atoms with van der Waals surface area (Å²) in [5.41, 5.74) is 1.88. The van der Waals surface area contributed by atoms with Crippen molar-refractivity contribution < 1.29 is 13.2 Å². The Hall–Kier alpha value is -2.32. The molecule has 1 fully saturated rings. The average Bonchev–Trinajstić information content (AvgIpc) is 2.85. The molecule has 3 aromatic rings. The second-order valence-corrected chi connectivity index (χ2v) is 11.3. The van der Waals surface area contributed by atoms with Crippen molar-refractivity contribution in [3.8, 4) is 0 Å². The molecule has 1 aliphatic heterocycles. The number of amides is 1. The van der Waals surface area contributed by atoms with Crippen LogP contribution in [0.4, 0.5) is 5.69 Å². The Bertz CT molecular complexity index is 1200. The first-order valence-electron chi connectivity index (χ1n) is 10.8. The van der Waals surface area contributed by atoms with Crippen LogP contribution >= 0.6 is 23.4 Å². The third-order valence-electron chi connectivity index (χ3n) is 5.59. The minimum absolute atomic E-state index is 0.150. The number of carbonyl (C=O) groups excluding carboxylic acids is 1. The number of benzene rings is 3. The Morgan fingerprint density at radius 2 is 1.70 bits per heavy atom. The molecule has 1 atom stereocenters. The number of anilines is 1. The highest BCUT2D eigenvalue weighted by Crippen LogP contribution is 2.31. The lowest BCUT2D eigenvalue weighted by atomic mass is 9.99. The van der Waals surface area contributed by atoms with E-state index in [1.807, 2.05) is 48.5 Å². The number of sulfonamides is 1. The number of piperidine rings is 1. The lowest BCUT2D eigenvalue weighted by Crippen LogP contribution is -2.43. The Morgan fingerprint density at radius 3 is 2.45 bits per heavy atom. The lowest BCUT2D eigenvalue weighted by molar-refractivity contribution is -0.120. The number of nitrogens with one attached hydrogen (secondary N) is 1. The van der Waals surface area contributed by atoms with Crippen molar-refractivity contribution in [2.45, 2.75) is 28.4 Å². The number of para-hydroxylation sites is 1. The van der Waals surface area contributed by atoms with E-state index >= 15 is 0 Å². The molecule has 0 aromatic heterocycles. The average molecular weight is 501 g/mol. The number of hydrogen-bond acceptors (Lipinski definition) is 4. The van der Waals surface area contributed by atoms with Crippen molar-refractivity contribution in [3.63, 3.8) is 0 Å². The number of carbonyl (C=O) groups is 1. The molecule has 1 amide bonds. The van der Waals surface area contributed by atoms with Gasteiger partial charge in [-0.25, -0.2) is 8.42 Å². The Labute approximate surface area is 204 Å². The van der Waals surface area contributed by atoms with E-state index in [4.69, 9.17) is 11.6 Å². The molecule has 33 heavy (non-hydrogen) atoms. The SMILES string of the molecule is O=C(Nc1ccccc1SCc1ccc(Cl)cc1)[C@@H]1CCCN(S(=O)(=O)c2ccccc2)C1. The van der Waals surface area contributed by atoms with Crippen LogP contribution in [0.2, 0.25) is 5.02 Å². The molecule has 1 aliphatic rings. The van der Waals surface area contributed by atoms with Gasteiger partial charge in [0.2, 0.25) is 15.9 Å². The highest BCUT2D eigenvalue weighted by Gasteiger charge is 2.33. The fourth-order valence-electron chi connectivity index (χ4n) is 3.79. The third-order valence-corrected chi connectivity index (χ3v) is 8.86. The monoisotopic (exact) mass is 500 g/mol. The van der Waals surface area contributed by atoms with Gasteiger partial charge in [0.05, 0.1) is 16.5 Å². The number of rotatable bonds is 7. The Kier molecular flexibility index (Phi) is 7.75. The minimum atomic E-state index is -3.61. The molecule has 0 unspecified atom stereocenters. The molecule has 3 aromatic carbocycles. The molecule has 0 bridgehead atoms. The maximum Gasteiger partial charge on any atom is 0.243 e. The van der Waals surface area contributed by atoms with Crippen LogP contribution in [0, 0.1) is 5.92 Å². The van der Waals surface area contributed by atoms with Gasteiger partial charge in [0, 0.05) is 28.8 Å². The van der Waals surface area contributed by atoms with Crippen molar-refractivity contribution in [1.82, 2.24) is 4.31 Å². The van der Waals surface area contributed by atoms with Crippen LogP contribution in [0.1, 0.15) is 18.4 Å². The summed E-state index contributed by atoms with van der Waals surface area (Å²) in [6.07, 6.45) is 1.31. The van der Waals surface area contributed by atoms with Gasteiger partial charge in [-0.3, -0.25) is 4.79 Å². The summed E-state index contributed by atoms with van der Waals surface area (Å²) in [4.78, 5) is 14.3. The summed E-state index contributed by atoms with van der Waals surface area (Å²) in [5, 5.41) is 3.74. The molecule has 1 saturated heterocycles. The van der Waals surface area contributed by atoms with Crippen molar-refractivity contribution in [2.75, 3.05) is 18.4 Å². The first-order valence-corrected chi connectivity index (χ1v) is 13.6. The van der Waals surface area contributed by atoms with Crippen LogP contribution < -0.4 is 5.32 Å². The van der Waals surface area contributed by atoms with Gasteiger partial charge >= 0.3 is 0 Å². The Morgan fingerprint density at radius 1 is 1.00 bits per heavy atom. The summed E-state index contributed by atoms with van der Waals surface area (Å²) >= 11 is 7.60. The van der Waals surface area contributed by atoms with Crippen molar-refractivity contribution >= 4 is 45.0 Å². The predicted molar refractivity (Wildman–Crippen MR) is 134 cm³/mol. The second kappa shape index (κ2) is 10.7. The zero-order chi connectivity index (χ0) is 23.3. The fraction of sp³-hybridized carbons (Fsp3) is 0.240. The van der Waals surface area contributed by atoms with E-state index in [0.717, 1.165) is 21.9 Å². The smallest absolute Gasteiger partial charge is 0.243 e. The van der Waals surface area contributed by atoms with Crippen molar-refractivity contribution in [1.29, 1.82) is 0 Å². The van der Waals surface area contributed by atoms with E-state index in [1.54, 1.807) is 42.1 Å². The normalized spacial score (nSPS) is 16.9. The topological polar surface area (TPSA) is 66.5 Å². The van der Waals surface area contributed by atoms with Gasteiger partial charge in [-0.05, 0) is 54.8 Å². The standard InChI is InChI=1S/C25H25ClN2O3S2/c26-21-14-12-19(13-15-21)18-32-24-11-5-4-10-23(24)27-25(29)20-7-6-16-28(17-20)33(30,31)22-8-2-1-3-9-22/h1-5,8-15,20H,6-7,16-18H2,(H,27,29)/t20-/m1/s1. The molecular formula is C25H25ClN2O3S2. The van der Waals surface area contributed by atoms with Gasteiger partial charge in [0.1, 0.15) is 0 Å². The number of thioether (sulfide) groups is 1. The van der Waals surface area contributed by atoms with E-state index in [1.165, 1.54) is 4.31 Å². The highest BCUT2D eigenvalue weighted by molar-refractivity contribution is 7.98. The molecule has 1 heterocycles. The van der Waals surface area contributed by atoms with E-state index in [0.29, 0.717) is 24.4 Å². The first-order chi connectivity index (χ1) is 15.9. The Balaban J connectivity index is 1.42. The lowest BCUT2D eigenvalue weighted by Gasteiger charge is -2.31. The van der Waals surface area contributed by atoms with E-state index in [-0.39, 0.29) is 17.3 Å². The minimum Gasteiger partial charge on any atom is -0.325 e. The van der Waals surface area contributed by atoms with Crippen LogP contribution in [0.25, 0.3) is 0 Å². The maximum absolute atomic E-state index is 13.1. The van der Waals surface area contributed by atoms with Gasteiger partial charge in [0.15, 0.2) is 0 Å². The number of halogens is 1. The number of hydrogen-bond donors (Lipinski definition) is 1. The van der Waals surface area contributed by atoms with Gasteiger partial charge in [0.25, 0.3) is 0 Å². The van der Waals surface area contributed by atoms with Crippen LogP contribution in [0.15, 0.2) is 88.7 Å². The molecule has 0 radical (unpaired) electrons. The molecule has 172 valence electrons. The maximum atomic E-state index is 13.1. The van der Waals surface area contributed by atoms with E-state index < -0.39 is 15.9 Å². The fourth-order valence-corrected chi connectivity index (χ4v) is 6.42.